The second-order valence-corrected chi connectivity index (χ2v) is 13.7. The summed E-state index contributed by atoms with van der Waals surface area (Å²) in [5, 5.41) is 10.7. The van der Waals surface area contributed by atoms with E-state index < -0.39 is 20.2 Å². The molecular formula is C20H32O4Si. The van der Waals surface area contributed by atoms with Crippen molar-refractivity contribution in [2.75, 3.05) is 6.61 Å². The van der Waals surface area contributed by atoms with Crippen LogP contribution in [0.4, 0.5) is 0 Å². The molecule has 0 radical (unpaired) electrons. The lowest BCUT2D eigenvalue weighted by Crippen LogP contribution is -2.55. The van der Waals surface area contributed by atoms with E-state index in [-0.39, 0.29) is 6.10 Å². The highest BCUT2D eigenvalue weighted by atomic mass is 28.4. The van der Waals surface area contributed by atoms with Crippen molar-refractivity contribution >= 4 is 8.32 Å². The first kappa shape index (κ1) is 18.9. The third kappa shape index (κ3) is 2.76. The monoisotopic (exact) mass is 364 g/mol. The fraction of sp³-hybridized carbons (Fsp3) is 0.700. The van der Waals surface area contributed by atoms with E-state index in [1.54, 1.807) is 0 Å². The molecule has 1 N–H and O–H groups in total. The molecule has 2 aliphatic heterocycles. The minimum absolute atomic E-state index is 0.375. The van der Waals surface area contributed by atoms with Gasteiger partial charge in [0.05, 0.1) is 6.61 Å². The second-order valence-electron chi connectivity index (χ2n) is 8.33. The van der Waals surface area contributed by atoms with Crippen molar-refractivity contribution in [2.24, 2.45) is 0 Å². The third-order valence-electron chi connectivity index (χ3n) is 6.05. The van der Waals surface area contributed by atoms with Gasteiger partial charge in [-0.1, -0.05) is 59.7 Å². The Morgan fingerprint density at radius 1 is 1.08 bits per heavy atom. The lowest BCUT2D eigenvalue weighted by atomic mass is 9.99. The fourth-order valence-electron chi connectivity index (χ4n) is 4.97. The van der Waals surface area contributed by atoms with E-state index in [1.165, 1.54) is 0 Å². The van der Waals surface area contributed by atoms with Gasteiger partial charge in [0.1, 0.15) is 18.0 Å². The summed E-state index contributed by atoms with van der Waals surface area (Å²) in [5.74, 6) is -0.326. The largest absolute Gasteiger partial charge is 0.456 e. The summed E-state index contributed by atoms with van der Waals surface area (Å²) < 4.78 is 19.3. The van der Waals surface area contributed by atoms with E-state index in [9.17, 15) is 5.11 Å². The van der Waals surface area contributed by atoms with Gasteiger partial charge in [0.25, 0.3) is 5.79 Å². The first-order chi connectivity index (χ1) is 11.8. The molecule has 0 aromatic heterocycles. The molecule has 2 aliphatic rings. The Balaban J connectivity index is 2.08. The molecule has 1 aromatic rings. The zero-order chi connectivity index (χ0) is 18.4. The van der Waals surface area contributed by atoms with Gasteiger partial charge >= 0.3 is 0 Å². The average molecular weight is 365 g/mol. The van der Waals surface area contributed by atoms with Gasteiger partial charge in [-0.15, -0.1) is 0 Å². The fourth-order valence-corrected chi connectivity index (χ4v) is 10.5. The smallest absolute Gasteiger partial charge is 0.266 e. The van der Waals surface area contributed by atoms with Gasteiger partial charge in [0.15, 0.2) is 0 Å². The van der Waals surface area contributed by atoms with Crippen LogP contribution >= 0.6 is 0 Å². The molecule has 0 aliphatic carbocycles. The number of fused-ring (bicyclic) bond motifs is 1. The molecule has 1 saturated heterocycles. The van der Waals surface area contributed by atoms with Crippen molar-refractivity contribution < 1.29 is 19.0 Å². The van der Waals surface area contributed by atoms with Crippen molar-refractivity contribution in [1.82, 2.24) is 0 Å². The highest BCUT2D eigenvalue weighted by Crippen LogP contribution is 2.55. The van der Waals surface area contributed by atoms with Crippen LogP contribution in [0.15, 0.2) is 24.3 Å². The van der Waals surface area contributed by atoms with Gasteiger partial charge in [-0.3, -0.25) is 0 Å². The van der Waals surface area contributed by atoms with Crippen LogP contribution in [0.2, 0.25) is 16.6 Å². The van der Waals surface area contributed by atoms with E-state index in [1.807, 2.05) is 24.3 Å². The number of benzene rings is 1. The number of aliphatic hydroxyl groups is 1. The number of hydrogen-bond donors (Lipinski definition) is 1. The molecule has 2 heterocycles. The summed E-state index contributed by atoms with van der Waals surface area (Å²) in [5.41, 5.74) is 2.37. The summed E-state index contributed by atoms with van der Waals surface area (Å²) in [6.45, 7) is 14.1. The molecule has 5 heteroatoms. The Kier molecular flexibility index (Phi) is 5.06. The minimum atomic E-state index is -2.16. The maximum Gasteiger partial charge on any atom is 0.266 e. The van der Waals surface area contributed by atoms with Crippen LogP contribution in [0, 0.1) is 0 Å². The van der Waals surface area contributed by atoms with Crippen molar-refractivity contribution in [1.29, 1.82) is 0 Å². The maximum absolute atomic E-state index is 10.7. The topological polar surface area (TPSA) is 47.9 Å². The Labute approximate surface area is 152 Å². The number of rotatable bonds is 5. The molecule has 1 fully saturated rings. The summed E-state index contributed by atoms with van der Waals surface area (Å²) >= 11 is 0. The first-order valence-electron chi connectivity index (χ1n) is 9.53. The summed E-state index contributed by atoms with van der Waals surface area (Å²) in [6, 6.07) is 7.94. The van der Waals surface area contributed by atoms with E-state index in [2.05, 4.69) is 41.5 Å². The van der Waals surface area contributed by atoms with Gasteiger partial charge in [-0.2, -0.15) is 0 Å². The quantitative estimate of drug-likeness (QED) is 0.763. The Morgan fingerprint density at radius 2 is 1.68 bits per heavy atom. The molecule has 3 rings (SSSR count). The molecule has 3 atom stereocenters. The number of para-hydroxylation sites is 1. The molecule has 25 heavy (non-hydrogen) atoms. The molecule has 4 nitrogen and oxygen atoms in total. The predicted molar refractivity (Wildman–Crippen MR) is 101 cm³/mol. The zero-order valence-electron chi connectivity index (χ0n) is 16.3. The van der Waals surface area contributed by atoms with E-state index >= 15 is 0 Å². The van der Waals surface area contributed by atoms with E-state index in [4.69, 9.17) is 13.9 Å². The molecule has 1 spiro atoms. The molecule has 0 saturated carbocycles. The predicted octanol–water partition coefficient (Wildman–Crippen LogP) is 4.79. The Morgan fingerprint density at radius 3 is 2.20 bits per heavy atom. The van der Waals surface area contributed by atoms with Gasteiger partial charge in [0, 0.05) is 12.0 Å². The van der Waals surface area contributed by atoms with Gasteiger partial charge < -0.3 is 19.0 Å². The molecule has 0 amide bonds. The van der Waals surface area contributed by atoms with Crippen LogP contribution < -0.4 is 4.74 Å². The maximum atomic E-state index is 10.7. The van der Waals surface area contributed by atoms with Gasteiger partial charge in [-0.05, 0) is 22.7 Å². The standard InChI is InChI=1S/C20H32O4Si/c1-13(2)25(14(3)4,15(5)6)24-19-16-9-7-8-10-17(16)23-20(19)18(21)11-12-22-20/h7-10,13-15,18-19,21H,11-12H2,1-6H3/t18-,19-,20-/m1/s1. The SMILES string of the molecule is CC(C)[Si](O[C@@H]1c2ccccc2O[C@@]12OCC[C@H]2O)(C(C)C)C(C)C. The van der Waals surface area contributed by atoms with E-state index in [0.717, 1.165) is 11.3 Å². The molecule has 0 bridgehead atoms. The Bertz CT molecular complexity index is 594. The summed E-state index contributed by atoms with van der Waals surface area (Å²) in [4.78, 5) is 0. The average Bonchev–Trinajstić information content (AvgIpc) is 3.05. The van der Waals surface area contributed by atoms with Crippen molar-refractivity contribution in [3.05, 3.63) is 29.8 Å². The lowest BCUT2D eigenvalue weighted by molar-refractivity contribution is -0.230. The molecule has 1 aromatic carbocycles. The highest BCUT2D eigenvalue weighted by Gasteiger charge is 2.61. The van der Waals surface area contributed by atoms with Crippen molar-refractivity contribution in [3.8, 4) is 5.75 Å². The molecule has 0 unspecified atom stereocenters. The van der Waals surface area contributed by atoms with Crippen molar-refractivity contribution in [2.45, 2.75) is 82.6 Å². The van der Waals surface area contributed by atoms with Crippen molar-refractivity contribution in [3.63, 3.8) is 0 Å². The van der Waals surface area contributed by atoms with Crippen LogP contribution in [0.3, 0.4) is 0 Å². The van der Waals surface area contributed by atoms with Crippen LogP contribution in [0.1, 0.15) is 59.6 Å². The molecule has 140 valence electrons. The Hall–Kier alpha value is -0.883. The summed E-state index contributed by atoms with van der Waals surface area (Å²) in [6.07, 6.45) is -0.476. The highest BCUT2D eigenvalue weighted by molar-refractivity contribution is 6.77. The van der Waals surface area contributed by atoms with Crippen LogP contribution in [-0.2, 0) is 9.16 Å². The van der Waals surface area contributed by atoms with Gasteiger partial charge in [-0.25, -0.2) is 0 Å². The lowest BCUT2D eigenvalue weighted by Gasteiger charge is -2.46. The van der Waals surface area contributed by atoms with Crippen LogP contribution in [-0.4, -0.2) is 31.9 Å². The number of aliphatic hydroxyl groups excluding tert-OH is 1. The van der Waals surface area contributed by atoms with E-state index in [0.29, 0.717) is 29.7 Å². The normalized spacial score (nSPS) is 29.0. The zero-order valence-corrected chi connectivity index (χ0v) is 17.3. The van der Waals surface area contributed by atoms with Crippen LogP contribution in [0.25, 0.3) is 0 Å². The number of hydrogen-bond acceptors (Lipinski definition) is 4. The first-order valence-corrected chi connectivity index (χ1v) is 11.7. The van der Waals surface area contributed by atoms with Gasteiger partial charge in [0.2, 0.25) is 8.32 Å². The second kappa shape index (κ2) is 6.69. The van der Waals surface area contributed by atoms with Crippen LogP contribution in [0.5, 0.6) is 5.75 Å². The summed E-state index contributed by atoms with van der Waals surface area (Å²) in [7, 11) is -2.16. The number of ether oxygens (including phenoxy) is 2. The third-order valence-corrected chi connectivity index (χ3v) is 12.1. The molecular weight excluding hydrogens is 332 g/mol. The minimum Gasteiger partial charge on any atom is -0.456 e.